The normalized spacial score (nSPS) is 17.1. The molecule has 0 atom stereocenters. The fourth-order valence-electron chi connectivity index (χ4n) is 2.27. The summed E-state index contributed by atoms with van der Waals surface area (Å²) in [6.45, 7) is 0. The lowest BCUT2D eigenvalue weighted by atomic mass is 9.79. The Kier molecular flexibility index (Phi) is 2.67. The molecule has 0 bridgehead atoms. The predicted molar refractivity (Wildman–Crippen MR) is 65.6 cm³/mol. The van der Waals surface area contributed by atoms with Crippen molar-refractivity contribution in [3.63, 3.8) is 0 Å². The second-order valence-electron chi connectivity index (χ2n) is 4.65. The van der Waals surface area contributed by atoms with Crippen LogP contribution in [0.1, 0.15) is 25.1 Å². The second-order valence-corrected chi connectivity index (χ2v) is 4.65. The Balaban J connectivity index is 2.02. The van der Waals surface area contributed by atoms with E-state index in [2.05, 4.69) is 10.1 Å². The van der Waals surface area contributed by atoms with E-state index < -0.39 is 5.60 Å². The van der Waals surface area contributed by atoms with Crippen LogP contribution < -0.4 is 0 Å². The summed E-state index contributed by atoms with van der Waals surface area (Å²) in [7, 11) is 1.62. The van der Waals surface area contributed by atoms with E-state index >= 15 is 0 Å². The van der Waals surface area contributed by atoms with Gasteiger partial charge in [0.15, 0.2) is 0 Å². The smallest absolute Gasteiger partial charge is 0.265 e. The number of hydrogen-bond acceptors (Lipinski definition) is 6. The number of aromatic hydroxyl groups is 2. The number of benzene rings is 1. The number of hydrogen-bond donors (Lipinski definition) is 2. The molecule has 6 heteroatoms. The van der Waals surface area contributed by atoms with Gasteiger partial charge in [0.25, 0.3) is 5.89 Å². The summed E-state index contributed by atoms with van der Waals surface area (Å²) in [5.41, 5.74) is -0.339. The van der Waals surface area contributed by atoms with Crippen LogP contribution in [0, 0.1) is 0 Å². The van der Waals surface area contributed by atoms with Crippen molar-refractivity contribution in [2.75, 3.05) is 7.11 Å². The molecule has 19 heavy (non-hydrogen) atoms. The number of phenols is 2. The van der Waals surface area contributed by atoms with Gasteiger partial charge in [-0.2, -0.15) is 4.98 Å². The van der Waals surface area contributed by atoms with Gasteiger partial charge >= 0.3 is 0 Å². The van der Waals surface area contributed by atoms with Gasteiger partial charge in [-0.25, -0.2) is 0 Å². The lowest BCUT2D eigenvalue weighted by Crippen LogP contribution is -2.37. The fraction of sp³-hybridized carbons (Fsp3) is 0.385. The lowest BCUT2D eigenvalue weighted by molar-refractivity contribution is -0.0858. The molecule has 0 radical (unpaired) electrons. The molecule has 0 amide bonds. The van der Waals surface area contributed by atoms with Crippen molar-refractivity contribution < 1.29 is 19.5 Å². The third kappa shape index (κ3) is 1.76. The van der Waals surface area contributed by atoms with Gasteiger partial charge in [-0.1, -0.05) is 11.2 Å². The summed E-state index contributed by atoms with van der Waals surface area (Å²) in [6.07, 6.45) is 2.74. The van der Waals surface area contributed by atoms with Crippen LogP contribution >= 0.6 is 0 Å². The number of methoxy groups -OCH3 is 1. The number of rotatable bonds is 3. The van der Waals surface area contributed by atoms with Gasteiger partial charge in [-0.3, -0.25) is 0 Å². The zero-order valence-corrected chi connectivity index (χ0v) is 10.5. The van der Waals surface area contributed by atoms with E-state index in [0.29, 0.717) is 5.82 Å². The maximum absolute atomic E-state index is 9.77. The summed E-state index contributed by atoms with van der Waals surface area (Å²) < 4.78 is 10.6. The number of aromatic nitrogens is 2. The van der Waals surface area contributed by atoms with Crippen molar-refractivity contribution in [1.82, 2.24) is 10.1 Å². The van der Waals surface area contributed by atoms with E-state index in [1.165, 1.54) is 18.2 Å². The van der Waals surface area contributed by atoms with Crippen LogP contribution in [0.4, 0.5) is 0 Å². The highest BCUT2D eigenvalue weighted by atomic mass is 16.5. The molecule has 3 rings (SSSR count). The minimum Gasteiger partial charge on any atom is -0.507 e. The molecule has 1 saturated carbocycles. The van der Waals surface area contributed by atoms with E-state index in [1.54, 1.807) is 7.11 Å². The van der Waals surface area contributed by atoms with Gasteiger partial charge in [0.2, 0.25) is 5.82 Å². The SMILES string of the molecule is COC1(c2noc(-c3c(O)cccc3O)n2)CCC1. The molecule has 1 aliphatic rings. The molecule has 2 N–H and O–H groups in total. The molecule has 1 heterocycles. The maximum atomic E-state index is 9.77. The molecule has 1 aromatic heterocycles. The number of ether oxygens (including phenoxy) is 1. The highest BCUT2D eigenvalue weighted by Crippen LogP contribution is 2.44. The summed E-state index contributed by atoms with van der Waals surface area (Å²) in [5, 5.41) is 23.4. The quantitative estimate of drug-likeness (QED) is 0.881. The first-order valence-electron chi connectivity index (χ1n) is 6.07. The van der Waals surface area contributed by atoms with Crippen LogP contribution in [0.5, 0.6) is 11.5 Å². The van der Waals surface area contributed by atoms with E-state index in [1.807, 2.05) is 0 Å². The molecule has 0 aliphatic heterocycles. The Morgan fingerprint density at radius 2 is 1.95 bits per heavy atom. The van der Waals surface area contributed by atoms with Crippen LogP contribution in [-0.2, 0) is 10.3 Å². The maximum Gasteiger partial charge on any atom is 0.265 e. The monoisotopic (exact) mass is 262 g/mol. The standard InChI is InChI=1S/C13H14N2O4/c1-18-13(6-3-7-13)12-14-11(19-15-12)10-8(16)4-2-5-9(10)17/h2,4-5,16-17H,3,6-7H2,1H3. The summed E-state index contributed by atoms with van der Waals surface area (Å²) in [6, 6.07) is 4.44. The van der Waals surface area contributed by atoms with E-state index in [0.717, 1.165) is 19.3 Å². The molecular weight excluding hydrogens is 248 g/mol. The van der Waals surface area contributed by atoms with Gasteiger partial charge in [-0.15, -0.1) is 0 Å². The second kappa shape index (κ2) is 4.24. The largest absolute Gasteiger partial charge is 0.507 e. The third-order valence-corrected chi connectivity index (χ3v) is 3.62. The van der Waals surface area contributed by atoms with E-state index in [9.17, 15) is 10.2 Å². The van der Waals surface area contributed by atoms with Crippen molar-refractivity contribution >= 4 is 0 Å². The Morgan fingerprint density at radius 3 is 2.47 bits per heavy atom. The highest BCUT2D eigenvalue weighted by Gasteiger charge is 2.43. The lowest BCUT2D eigenvalue weighted by Gasteiger charge is -2.37. The molecule has 1 fully saturated rings. The fourth-order valence-corrected chi connectivity index (χ4v) is 2.27. The van der Waals surface area contributed by atoms with Crippen molar-refractivity contribution in [3.8, 4) is 23.0 Å². The molecule has 100 valence electrons. The summed E-state index contributed by atoms with van der Waals surface area (Å²) in [5.74, 6) is 0.346. The first kappa shape index (κ1) is 12.0. The molecule has 1 aromatic carbocycles. The molecular formula is C13H14N2O4. The average Bonchev–Trinajstić information content (AvgIpc) is 2.78. The number of phenolic OH excluding ortho intramolecular Hbond substituents is 2. The van der Waals surface area contributed by atoms with Crippen LogP contribution in [0.2, 0.25) is 0 Å². The van der Waals surface area contributed by atoms with Crippen molar-refractivity contribution in [2.24, 2.45) is 0 Å². The summed E-state index contributed by atoms with van der Waals surface area (Å²) >= 11 is 0. The first-order valence-corrected chi connectivity index (χ1v) is 6.07. The molecule has 0 spiro atoms. The minimum atomic E-state index is -0.484. The molecule has 0 saturated heterocycles. The number of nitrogens with zero attached hydrogens (tertiary/aromatic N) is 2. The molecule has 0 unspecified atom stereocenters. The first-order chi connectivity index (χ1) is 9.16. The molecule has 2 aromatic rings. The van der Waals surface area contributed by atoms with Crippen LogP contribution in [0.3, 0.4) is 0 Å². The zero-order chi connectivity index (χ0) is 13.5. The van der Waals surface area contributed by atoms with Crippen LogP contribution in [0.25, 0.3) is 11.5 Å². The van der Waals surface area contributed by atoms with Crippen molar-refractivity contribution in [3.05, 3.63) is 24.0 Å². The molecule has 6 nitrogen and oxygen atoms in total. The minimum absolute atomic E-state index is 0.0916. The van der Waals surface area contributed by atoms with Crippen LogP contribution in [0.15, 0.2) is 22.7 Å². The Hall–Kier alpha value is -2.08. The Morgan fingerprint density at radius 1 is 1.26 bits per heavy atom. The van der Waals surface area contributed by atoms with E-state index in [4.69, 9.17) is 9.26 Å². The van der Waals surface area contributed by atoms with Crippen molar-refractivity contribution in [1.29, 1.82) is 0 Å². The highest BCUT2D eigenvalue weighted by molar-refractivity contribution is 5.69. The third-order valence-electron chi connectivity index (χ3n) is 3.62. The Labute approximate surface area is 109 Å². The van der Waals surface area contributed by atoms with Gasteiger partial charge in [-0.05, 0) is 31.4 Å². The van der Waals surface area contributed by atoms with Crippen LogP contribution in [-0.4, -0.2) is 27.5 Å². The predicted octanol–water partition coefficient (Wildman–Crippen LogP) is 2.17. The summed E-state index contributed by atoms with van der Waals surface area (Å²) in [4.78, 5) is 4.24. The molecule has 1 aliphatic carbocycles. The van der Waals surface area contributed by atoms with Gasteiger partial charge in [0.1, 0.15) is 22.7 Å². The topological polar surface area (TPSA) is 88.6 Å². The van der Waals surface area contributed by atoms with Gasteiger partial charge in [0, 0.05) is 7.11 Å². The van der Waals surface area contributed by atoms with Gasteiger partial charge in [0.05, 0.1) is 0 Å². The van der Waals surface area contributed by atoms with Gasteiger partial charge < -0.3 is 19.5 Å². The average molecular weight is 262 g/mol. The van der Waals surface area contributed by atoms with E-state index in [-0.39, 0.29) is 23.0 Å². The van der Waals surface area contributed by atoms with Crippen molar-refractivity contribution in [2.45, 2.75) is 24.9 Å². The Bertz CT molecular complexity index is 579. The zero-order valence-electron chi connectivity index (χ0n) is 10.5.